The summed E-state index contributed by atoms with van der Waals surface area (Å²) in [6.07, 6.45) is 50.0. The molecule has 0 spiro atoms. The van der Waals surface area contributed by atoms with Crippen molar-refractivity contribution in [3.63, 3.8) is 0 Å². The maximum Gasteiger partial charge on any atom is 0.249 e. The molecule has 0 aliphatic carbocycles. The smallest absolute Gasteiger partial charge is 0.249 e. The van der Waals surface area contributed by atoms with E-state index in [1.807, 2.05) is 0 Å². The van der Waals surface area contributed by atoms with Crippen LogP contribution < -0.4 is 5.32 Å². The van der Waals surface area contributed by atoms with Crippen LogP contribution in [0, 0.1) is 0 Å². The van der Waals surface area contributed by atoms with Crippen LogP contribution >= 0.6 is 0 Å². The number of hydrogen-bond donors (Lipinski definition) is 7. The van der Waals surface area contributed by atoms with E-state index in [4.69, 9.17) is 9.47 Å². The molecule has 8 unspecified atom stereocenters. The molecular weight excluding hydrogens is 867 g/mol. The van der Waals surface area contributed by atoms with Crippen molar-refractivity contribution in [2.75, 3.05) is 13.2 Å². The number of ether oxygens (including phenoxy) is 2. The number of hydrogen-bond acceptors (Lipinski definition) is 9. The van der Waals surface area contributed by atoms with Gasteiger partial charge in [-0.15, -0.1) is 0 Å². The molecule has 0 bridgehead atoms. The summed E-state index contributed by atoms with van der Waals surface area (Å²) >= 11 is 0. The minimum Gasteiger partial charge on any atom is -0.394 e. The number of rotatable bonds is 52. The molecule has 0 aromatic carbocycles. The lowest BCUT2D eigenvalue weighted by Gasteiger charge is -2.40. The third kappa shape index (κ3) is 38.2. The molecule has 1 fully saturated rings. The molecule has 1 amide bonds. The van der Waals surface area contributed by atoms with Crippen LogP contribution in [0.1, 0.15) is 296 Å². The van der Waals surface area contributed by atoms with Gasteiger partial charge >= 0.3 is 0 Å². The highest BCUT2D eigenvalue weighted by Gasteiger charge is 2.44. The van der Waals surface area contributed by atoms with Gasteiger partial charge in [-0.25, -0.2) is 0 Å². The summed E-state index contributed by atoms with van der Waals surface area (Å²) in [5.74, 6) is -0.579. The second-order valence-corrected chi connectivity index (χ2v) is 21.3. The predicted octanol–water partition coefficient (Wildman–Crippen LogP) is 13.8. The van der Waals surface area contributed by atoms with Gasteiger partial charge in [-0.2, -0.15) is 0 Å². The number of aliphatic hydroxyl groups is 6. The first kappa shape index (κ1) is 65.9. The Morgan fingerprint density at radius 1 is 0.478 bits per heavy atom. The van der Waals surface area contributed by atoms with Crippen LogP contribution in [0.4, 0.5) is 0 Å². The summed E-state index contributed by atoms with van der Waals surface area (Å²) in [6.45, 7) is 3.71. The largest absolute Gasteiger partial charge is 0.394 e. The molecule has 1 heterocycles. The van der Waals surface area contributed by atoms with Gasteiger partial charge in [-0.1, -0.05) is 270 Å². The van der Waals surface area contributed by atoms with E-state index in [0.717, 1.165) is 51.4 Å². The number of carbonyl (C=O) groups excluding carboxylic acids is 1. The van der Waals surface area contributed by atoms with Crippen LogP contribution in [0.3, 0.4) is 0 Å². The van der Waals surface area contributed by atoms with Crippen molar-refractivity contribution in [1.82, 2.24) is 5.32 Å². The summed E-state index contributed by atoms with van der Waals surface area (Å²) < 4.78 is 11.2. The summed E-state index contributed by atoms with van der Waals surface area (Å²) in [4.78, 5) is 13.2. The Labute approximate surface area is 425 Å². The minimum absolute atomic E-state index is 0.252. The molecule has 1 saturated heterocycles. The quantitative estimate of drug-likeness (QED) is 0.0232. The van der Waals surface area contributed by atoms with Gasteiger partial charge < -0.3 is 45.4 Å². The molecule has 7 N–H and O–H groups in total. The lowest BCUT2D eigenvalue weighted by atomic mass is 9.99. The normalized spacial score (nSPS) is 19.9. The van der Waals surface area contributed by atoms with Gasteiger partial charge in [0, 0.05) is 0 Å². The van der Waals surface area contributed by atoms with E-state index >= 15 is 0 Å². The summed E-state index contributed by atoms with van der Waals surface area (Å²) in [6, 6.07) is -0.892. The van der Waals surface area contributed by atoms with Gasteiger partial charge in [0.15, 0.2) is 6.29 Å². The molecule has 0 radical (unpaired) electrons. The Morgan fingerprint density at radius 2 is 0.812 bits per heavy atom. The zero-order valence-electron chi connectivity index (χ0n) is 45.2. The average molecular weight is 983 g/mol. The Morgan fingerprint density at radius 3 is 1.17 bits per heavy atom. The van der Waals surface area contributed by atoms with Crippen LogP contribution in [0.2, 0.25) is 0 Å². The number of amides is 1. The van der Waals surface area contributed by atoms with Crippen molar-refractivity contribution >= 4 is 5.91 Å². The van der Waals surface area contributed by atoms with Crippen molar-refractivity contribution in [3.05, 3.63) is 12.2 Å². The molecule has 0 aromatic heterocycles. The third-order valence-corrected chi connectivity index (χ3v) is 14.7. The lowest BCUT2D eigenvalue weighted by Crippen LogP contribution is -2.60. The zero-order chi connectivity index (χ0) is 50.3. The van der Waals surface area contributed by atoms with Crippen LogP contribution in [0.5, 0.6) is 0 Å². The van der Waals surface area contributed by atoms with E-state index in [2.05, 4.69) is 31.3 Å². The molecular formula is C59H115NO9. The SMILES string of the molecule is CCCCCCCCCCCCCC/C=C\CCCCCCCCCCCCCCCC(O)C(=O)NC(COC1OC(CO)C(O)C(O)C1O)C(O)CCCCCCCCCCCCCCCCC. The van der Waals surface area contributed by atoms with Crippen LogP contribution in [0.15, 0.2) is 12.2 Å². The Balaban J connectivity index is 2.17. The zero-order valence-corrected chi connectivity index (χ0v) is 45.2. The Hall–Kier alpha value is -1.11. The highest BCUT2D eigenvalue weighted by molar-refractivity contribution is 5.80. The molecule has 8 atom stereocenters. The number of nitrogens with one attached hydrogen (secondary N) is 1. The highest BCUT2D eigenvalue weighted by Crippen LogP contribution is 2.23. The fraction of sp³-hybridized carbons (Fsp3) is 0.949. The van der Waals surface area contributed by atoms with E-state index in [1.165, 1.54) is 218 Å². The monoisotopic (exact) mass is 982 g/mol. The van der Waals surface area contributed by atoms with Crippen LogP contribution in [-0.4, -0.2) is 98.7 Å². The summed E-state index contributed by atoms with van der Waals surface area (Å²) in [5.41, 5.74) is 0. The second kappa shape index (κ2) is 49.1. The molecule has 69 heavy (non-hydrogen) atoms. The second-order valence-electron chi connectivity index (χ2n) is 21.3. The van der Waals surface area contributed by atoms with Crippen molar-refractivity contribution < 1.29 is 44.9 Å². The standard InChI is InChI=1S/C59H115NO9/c1-3-5-7-9-11-13-15-17-19-20-21-22-23-24-25-26-27-28-29-30-31-32-34-36-38-40-42-44-46-48-53(63)58(67)60-51(50-68-59-57(66)56(65)55(64)54(49-61)69-59)52(62)47-45-43-41-39-37-35-33-18-16-14-12-10-8-6-4-2/h24-25,51-57,59,61-66H,3-23,26-50H2,1-2H3,(H,60,67)/b25-24-. The van der Waals surface area contributed by atoms with Gasteiger partial charge in [0.1, 0.15) is 30.5 Å². The molecule has 410 valence electrons. The van der Waals surface area contributed by atoms with Crippen molar-refractivity contribution in [2.45, 2.75) is 345 Å². The molecule has 1 aliphatic rings. The molecule has 1 rings (SSSR count). The fourth-order valence-corrected chi connectivity index (χ4v) is 9.87. The van der Waals surface area contributed by atoms with E-state index in [1.54, 1.807) is 0 Å². The predicted molar refractivity (Wildman–Crippen MR) is 287 cm³/mol. The van der Waals surface area contributed by atoms with Gasteiger partial charge in [-0.05, 0) is 38.5 Å². The summed E-state index contributed by atoms with van der Waals surface area (Å²) in [7, 11) is 0. The van der Waals surface area contributed by atoms with Gasteiger partial charge in [0.2, 0.25) is 5.91 Å². The van der Waals surface area contributed by atoms with Gasteiger partial charge in [0.05, 0.1) is 25.4 Å². The van der Waals surface area contributed by atoms with Crippen molar-refractivity contribution in [3.8, 4) is 0 Å². The molecule has 10 nitrogen and oxygen atoms in total. The molecule has 10 heteroatoms. The topological polar surface area (TPSA) is 169 Å². The van der Waals surface area contributed by atoms with E-state index in [0.29, 0.717) is 12.8 Å². The van der Waals surface area contributed by atoms with Crippen LogP contribution in [-0.2, 0) is 14.3 Å². The minimum atomic E-state index is -1.60. The van der Waals surface area contributed by atoms with Crippen molar-refractivity contribution in [2.24, 2.45) is 0 Å². The highest BCUT2D eigenvalue weighted by atomic mass is 16.7. The summed E-state index contributed by atoms with van der Waals surface area (Å²) in [5, 5.41) is 65.2. The van der Waals surface area contributed by atoms with Crippen molar-refractivity contribution in [1.29, 1.82) is 0 Å². The van der Waals surface area contributed by atoms with Gasteiger partial charge in [-0.3, -0.25) is 4.79 Å². The first-order chi connectivity index (χ1) is 33.8. The maximum absolute atomic E-state index is 13.2. The van der Waals surface area contributed by atoms with Gasteiger partial charge in [0.25, 0.3) is 0 Å². The first-order valence-corrected chi connectivity index (χ1v) is 30.0. The Bertz CT molecular complexity index is 1110. The maximum atomic E-state index is 13.2. The fourth-order valence-electron chi connectivity index (χ4n) is 9.87. The molecule has 0 saturated carbocycles. The number of aliphatic hydroxyl groups excluding tert-OH is 6. The Kier molecular flexibility index (Phi) is 46.9. The van der Waals surface area contributed by atoms with Crippen LogP contribution in [0.25, 0.3) is 0 Å². The average Bonchev–Trinajstić information content (AvgIpc) is 3.35. The first-order valence-electron chi connectivity index (χ1n) is 30.0. The molecule has 1 aliphatic heterocycles. The number of unbranched alkanes of at least 4 members (excludes halogenated alkanes) is 39. The lowest BCUT2D eigenvalue weighted by molar-refractivity contribution is -0.302. The number of carbonyl (C=O) groups is 1. The van der Waals surface area contributed by atoms with E-state index < -0.39 is 61.5 Å². The van der Waals surface area contributed by atoms with E-state index in [-0.39, 0.29) is 6.61 Å². The number of allylic oxidation sites excluding steroid dienone is 2. The van der Waals surface area contributed by atoms with E-state index in [9.17, 15) is 35.4 Å². The molecule has 0 aromatic rings. The third-order valence-electron chi connectivity index (χ3n) is 14.7.